The Morgan fingerprint density at radius 2 is 1.80 bits per heavy atom. The van der Waals surface area contributed by atoms with E-state index in [2.05, 4.69) is 34.6 Å². The van der Waals surface area contributed by atoms with Gasteiger partial charge in [-0.3, -0.25) is 0 Å². The molecule has 0 bridgehead atoms. The molecule has 0 aromatic carbocycles. The van der Waals surface area contributed by atoms with Crippen molar-refractivity contribution in [3.8, 4) is 0 Å². The van der Waals surface area contributed by atoms with E-state index in [0.29, 0.717) is 0 Å². The molecule has 0 spiro atoms. The maximum absolute atomic E-state index is 5.81. The first kappa shape index (κ1) is 15.2. The van der Waals surface area contributed by atoms with Crippen molar-refractivity contribution in [2.45, 2.75) is 72.7 Å². The maximum Gasteiger partial charge on any atom is 0.178 e. The minimum atomic E-state index is -0.289. The van der Waals surface area contributed by atoms with Crippen LogP contribution >= 0.6 is 11.9 Å². The summed E-state index contributed by atoms with van der Waals surface area (Å²) in [6.07, 6.45) is 4.00. The lowest BCUT2D eigenvalue weighted by molar-refractivity contribution is -0.134. The van der Waals surface area contributed by atoms with Gasteiger partial charge < -0.3 is 4.74 Å². The van der Waals surface area contributed by atoms with Gasteiger partial charge in [0.25, 0.3) is 0 Å². The molecule has 0 aromatic heterocycles. The topological polar surface area (TPSA) is 18.5 Å². The van der Waals surface area contributed by atoms with E-state index >= 15 is 0 Å². The molecule has 0 radical (unpaired) electrons. The fourth-order valence-corrected chi connectivity index (χ4v) is 1.61. The number of hydrogen-bond acceptors (Lipinski definition) is 2. The summed E-state index contributed by atoms with van der Waals surface area (Å²) < 4.78 is 10.7. The van der Waals surface area contributed by atoms with Gasteiger partial charge in [-0.2, -0.15) is 0 Å². The Morgan fingerprint density at radius 1 is 1.20 bits per heavy atom. The Balaban J connectivity index is 4.06. The predicted octanol–water partition coefficient (Wildman–Crippen LogP) is 4.51. The van der Waals surface area contributed by atoms with Crippen LogP contribution in [0.4, 0.5) is 0 Å². The lowest BCUT2D eigenvalue weighted by atomic mass is 9.92. The van der Waals surface area contributed by atoms with Gasteiger partial charge >= 0.3 is 0 Å². The Morgan fingerprint density at radius 3 is 2.13 bits per heavy atom. The highest BCUT2D eigenvalue weighted by Crippen LogP contribution is 2.25. The number of ether oxygens (including phenoxy) is 1. The van der Waals surface area contributed by atoms with Crippen molar-refractivity contribution in [1.82, 2.24) is 0 Å². The molecule has 3 heteroatoms. The van der Waals surface area contributed by atoms with Crippen LogP contribution in [-0.2, 0) is 9.03 Å². The van der Waals surface area contributed by atoms with E-state index in [-0.39, 0.29) is 17.8 Å². The van der Waals surface area contributed by atoms with Gasteiger partial charge in [0.1, 0.15) is 0 Å². The van der Waals surface area contributed by atoms with Crippen molar-refractivity contribution >= 4 is 11.9 Å². The fourth-order valence-electron chi connectivity index (χ4n) is 1.51. The molecule has 0 saturated carbocycles. The molecule has 0 aliphatic carbocycles. The van der Waals surface area contributed by atoms with Crippen LogP contribution < -0.4 is 0 Å². The van der Waals surface area contributed by atoms with Crippen molar-refractivity contribution in [3.05, 3.63) is 0 Å². The zero-order valence-corrected chi connectivity index (χ0v) is 11.4. The predicted molar refractivity (Wildman–Crippen MR) is 64.9 cm³/mol. The van der Waals surface area contributed by atoms with Crippen LogP contribution in [0.1, 0.15) is 60.3 Å². The van der Waals surface area contributed by atoms with Crippen LogP contribution in [0.2, 0.25) is 0 Å². The normalized spacial score (nSPS) is 16.4. The molecule has 0 aliphatic rings. The summed E-state index contributed by atoms with van der Waals surface area (Å²) in [5.41, 5.74) is 0.171. The molecule has 0 aromatic rings. The van der Waals surface area contributed by atoms with Crippen molar-refractivity contribution in [1.29, 1.82) is 0 Å². The second-order valence-corrected chi connectivity index (χ2v) is 5.42. The second-order valence-electron chi connectivity index (χ2n) is 5.24. The van der Waals surface area contributed by atoms with Gasteiger partial charge in [0.2, 0.25) is 0 Å². The summed E-state index contributed by atoms with van der Waals surface area (Å²) in [4.78, 5) is 0. The van der Waals surface area contributed by atoms with Crippen molar-refractivity contribution in [2.24, 2.45) is 5.41 Å². The lowest BCUT2D eigenvalue weighted by Gasteiger charge is -2.27. The largest absolute Gasteiger partial charge is 0.348 e. The van der Waals surface area contributed by atoms with E-state index in [1.165, 1.54) is 0 Å². The number of hydrogen-bond donors (Lipinski definition) is 0. The highest BCUT2D eigenvalue weighted by molar-refractivity contribution is 6.07. The van der Waals surface area contributed by atoms with Gasteiger partial charge in [-0.05, 0) is 18.3 Å². The summed E-state index contributed by atoms with van der Waals surface area (Å²) in [6.45, 7) is 10.7. The van der Waals surface area contributed by atoms with E-state index in [0.717, 1.165) is 25.7 Å². The van der Waals surface area contributed by atoms with Gasteiger partial charge in [0.15, 0.2) is 6.29 Å². The maximum atomic E-state index is 5.81. The third-order valence-electron chi connectivity index (χ3n) is 2.29. The van der Waals surface area contributed by atoms with E-state index in [1.54, 1.807) is 0 Å². The van der Waals surface area contributed by atoms with Gasteiger partial charge in [-0.1, -0.05) is 41.0 Å². The summed E-state index contributed by atoms with van der Waals surface area (Å²) >= 11 is 5.45. The summed E-state index contributed by atoms with van der Waals surface area (Å²) in [5, 5.41) is 0. The molecule has 0 aliphatic heterocycles. The summed E-state index contributed by atoms with van der Waals surface area (Å²) in [6, 6.07) is 0. The number of halogens is 1. The Bertz CT molecular complexity index is 154. The van der Waals surface area contributed by atoms with Crippen LogP contribution in [0.15, 0.2) is 0 Å². The minimum Gasteiger partial charge on any atom is -0.348 e. The first-order valence-corrected chi connectivity index (χ1v) is 6.16. The van der Waals surface area contributed by atoms with Gasteiger partial charge in [-0.25, -0.2) is 4.29 Å². The molecule has 92 valence electrons. The van der Waals surface area contributed by atoms with Gasteiger partial charge in [0.05, 0.1) is 18.0 Å². The first-order valence-electron chi connectivity index (χ1n) is 5.85. The third-order valence-corrected chi connectivity index (χ3v) is 2.49. The molecule has 2 unspecified atom stereocenters. The second kappa shape index (κ2) is 7.48. The lowest BCUT2D eigenvalue weighted by Crippen LogP contribution is -2.26. The Hall–Kier alpha value is 0.210. The molecule has 0 heterocycles. The molecule has 0 N–H and O–H groups in total. The fraction of sp³-hybridized carbons (Fsp3) is 1.00. The summed E-state index contributed by atoms with van der Waals surface area (Å²) in [5.74, 6) is 0. The van der Waals surface area contributed by atoms with E-state index in [9.17, 15) is 0 Å². The third kappa shape index (κ3) is 8.06. The molecule has 0 saturated heterocycles. The highest BCUT2D eigenvalue weighted by atomic mass is 35.5. The Labute approximate surface area is 99.5 Å². The minimum absolute atomic E-state index is 0.171. The molecule has 2 nitrogen and oxygen atoms in total. The zero-order chi connectivity index (χ0) is 11.9. The highest BCUT2D eigenvalue weighted by Gasteiger charge is 2.22. The molecule has 0 rings (SSSR count). The van der Waals surface area contributed by atoms with Crippen molar-refractivity contribution in [3.63, 3.8) is 0 Å². The van der Waals surface area contributed by atoms with Crippen molar-refractivity contribution in [2.75, 3.05) is 0 Å². The van der Waals surface area contributed by atoms with E-state index in [1.807, 2.05) is 0 Å². The SMILES string of the molecule is CCCC(CC)OC(CC(C)(C)C)OCl. The summed E-state index contributed by atoms with van der Waals surface area (Å²) in [7, 11) is 0. The average molecular weight is 237 g/mol. The molecule has 2 atom stereocenters. The van der Waals surface area contributed by atoms with Crippen LogP contribution in [0.25, 0.3) is 0 Å². The monoisotopic (exact) mass is 236 g/mol. The number of rotatable bonds is 7. The zero-order valence-electron chi connectivity index (χ0n) is 10.7. The standard InChI is InChI=1S/C12H25ClO2/c1-6-8-10(7-2)14-11(15-13)9-12(3,4)5/h10-11H,6-9H2,1-5H3. The first-order chi connectivity index (χ1) is 6.92. The van der Waals surface area contributed by atoms with Gasteiger partial charge in [-0.15, -0.1) is 0 Å². The molecule has 0 fully saturated rings. The Kier molecular flexibility index (Phi) is 7.58. The van der Waals surface area contributed by atoms with Crippen LogP contribution in [-0.4, -0.2) is 12.4 Å². The van der Waals surface area contributed by atoms with E-state index in [4.69, 9.17) is 20.9 Å². The molecule has 0 amide bonds. The van der Waals surface area contributed by atoms with Crippen molar-refractivity contribution < 1.29 is 9.03 Å². The van der Waals surface area contributed by atoms with Crippen LogP contribution in [0.5, 0.6) is 0 Å². The molecular weight excluding hydrogens is 212 g/mol. The van der Waals surface area contributed by atoms with Crippen LogP contribution in [0.3, 0.4) is 0 Å². The smallest absolute Gasteiger partial charge is 0.178 e. The molecular formula is C12H25ClO2. The molecule has 15 heavy (non-hydrogen) atoms. The van der Waals surface area contributed by atoms with E-state index < -0.39 is 0 Å². The average Bonchev–Trinajstić information content (AvgIpc) is 2.13. The quantitative estimate of drug-likeness (QED) is 0.606. The van der Waals surface area contributed by atoms with Gasteiger partial charge in [0, 0.05) is 6.42 Å². The van der Waals surface area contributed by atoms with Crippen LogP contribution in [0, 0.1) is 5.41 Å².